The van der Waals surface area contributed by atoms with Gasteiger partial charge in [0.2, 0.25) is 0 Å². The third kappa shape index (κ3) is 7.79. The minimum absolute atomic E-state index is 0.861. The molecule has 0 aliphatic rings. The van der Waals surface area contributed by atoms with E-state index in [4.69, 9.17) is 0 Å². The molecule has 0 aliphatic heterocycles. The molecule has 0 aromatic rings. The molecular weight excluding hydrogens is 158 g/mol. The van der Waals surface area contributed by atoms with Crippen molar-refractivity contribution in [2.24, 2.45) is 0 Å². The van der Waals surface area contributed by atoms with E-state index in [9.17, 15) is 0 Å². The number of quaternary nitrogens is 1. The summed E-state index contributed by atoms with van der Waals surface area (Å²) < 4.78 is 0.861. The minimum Gasteiger partial charge on any atom is -0.276 e. The Labute approximate surface area is 83.3 Å². The highest BCUT2D eigenvalue weighted by molar-refractivity contribution is 4.80. The molecule has 0 heterocycles. The second-order valence-electron chi connectivity index (χ2n) is 3.98. The fourth-order valence-corrected chi connectivity index (χ4v) is 1.08. The molecule has 0 saturated heterocycles. The SMILES string of the molecule is CCCC=C[N+](C)(C)C=CCCC. The third-order valence-corrected chi connectivity index (χ3v) is 1.89. The van der Waals surface area contributed by atoms with Crippen molar-refractivity contribution in [1.29, 1.82) is 0 Å². The maximum atomic E-state index is 2.26. The van der Waals surface area contributed by atoms with E-state index in [1.54, 1.807) is 0 Å². The van der Waals surface area contributed by atoms with E-state index < -0.39 is 0 Å². The highest BCUT2D eigenvalue weighted by Crippen LogP contribution is 2.03. The van der Waals surface area contributed by atoms with Gasteiger partial charge in [0.25, 0.3) is 0 Å². The smallest absolute Gasteiger partial charge is 0.0959 e. The highest BCUT2D eigenvalue weighted by Gasteiger charge is 2.03. The number of allylic oxidation sites excluding steroid dienone is 2. The van der Waals surface area contributed by atoms with Gasteiger partial charge in [-0.2, -0.15) is 0 Å². The Morgan fingerprint density at radius 2 is 1.23 bits per heavy atom. The van der Waals surface area contributed by atoms with Gasteiger partial charge < -0.3 is 0 Å². The molecule has 0 amide bonds. The van der Waals surface area contributed by atoms with Crippen LogP contribution in [0, 0.1) is 0 Å². The van der Waals surface area contributed by atoms with Crippen LogP contribution in [0.4, 0.5) is 0 Å². The van der Waals surface area contributed by atoms with Crippen LogP contribution in [0.3, 0.4) is 0 Å². The zero-order valence-electron chi connectivity index (χ0n) is 9.59. The van der Waals surface area contributed by atoms with E-state index >= 15 is 0 Å². The number of nitrogens with zero attached hydrogens (tertiary/aromatic N) is 1. The van der Waals surface area contributed by atoms with E-state index in [1.165, 1.54) is 25.7 Å². The fourth-order valence-electron chi connectivity index (χ4n) is 1.08. The molecule has 76 valence electrons. The van der Waals surface area contributed by atoms with Gasteiger partial charge in [0.15, 0.2) is 0 Å². The van der Waals surface area contributed by atoms with Gasteiger partial charge in [0.1, 0.15) is 0 Å². The van der Waals surface area contributed by atoms with Crippen molar-refractivity contribution in [3.8, 4) is 0 Å². The van der Waals surface area contributed by atoms with Crippen molar-refractivity contribution in [2.75, 3.05) is 14.1 Å². The molecule has 0 saturated carbocycles. The lowest BCUT2D eigenvalue weighted by Gasteiger charge is -2.18. The molecule has 0 fully saturated rings. The predicted molar refractivity (Wildman–Crippen MR) is 60.2 cm³/mol. The van der Waals surface area contributed by atoms with Crippen molar-refractivity contribution in [3.05, 3.63) is 24.6 Å². The molecule has 13 heavy (non-hydrogen) atoms. The Morgan fingerprint density at radius 1 is 0.846 bits per heavy atom. The normalized spacial score (nSPS) is 13.2. The van der Waals surface area contributed by atoms with Gasteiger partial charge in [-0.05, 0) is 25.0 Å². The van der Waals surface area contributed by atoms with E-state index in [2.05, 4.69) is 52.5 Å². The standard InChI is InChI=1S/C12H24N/c1-5-7-9-11-13(3,4)12-10-8-6-2/h9-12H,5-8H2,1-4H3/q+1. The monoisotopic (exact) mass is 182 g/mol. The van der Waals surface area contributed by atoms with Gasteiger partial charge in [0.05, 0.1) is 26.5 Å². The van der Waals surface area contributed by atoms with Crippen molar-refractivity contribution in [2.45, 2.75) is 39.5 Å². The molecule has 0 aliphatic carbocycles. The lowest BCUT2D eigenvalue weighted by Crippen LogP contribution is -2.25. The topological polar surface area (TPSA) is 0 Å². The summed E-state index contributed by atoms with van der Waals surface area (Å²) in [5.74, 6) is 0. The number of rotatable bonds is 6. The molecule has 0 aromatic heterocycles. The Bertz CT molecular complexity index is 148. The predicted octanol–water partition coefficient (Wildman–Crippen LogP) is 3.69. The maximum absolute atomic E-state index is 2.26. The molecule has 0 radical (unpaired) electrons. The first kappa shape index (κ1) is 12.4. The van der Waals surface area contributed by atoms with Crippen LogP contribution in [-0.2, 0) is 0 Å². The second kappa shape index (κ2) is 6.90. The van der Waals surface area contributed by atoms with Crippen LogP contribution in [0.2, 0.25) is 0 Å². The first-order valence-electron chi connectivity index (χ1n) is 5.31. The largest absolute Gasteiger partial charge is 0.276 e. The summed E-state index contributed by atoms with van der Waals surface area (Å²) in [6.45, 7) is 4.41. The molecule has 0 unspecified atom stereocenters. The zero-order valence-corrected chi connectivity index (χ0v) is 9.59. The molecule has 0 aromatic carbocycles. The quantitative estimate of drug-likeness (QED) is 0.550. The molecule has 0 N–H and O–H groups in total. The summed E-state index contributed by atoms with van der Waals surface area (Å²) in [6, 6.07) is 0. The van der Waals surface area contributed by atoms with E-state index in [0.717, 1.165) is 4.48 Å². The lowest BCUT2D eigenvalue weighted by molar-refractivity contribution is -0.784. The van der Waals surface area contributed by atoms with Crippen LogP contribution >= 0.6 is 0 Å². The first-order valence-corrected chi connectivity index (χ1v) is 5.31. The van der Waals surface area contributed by atoms with E-state index in [0.29, 0.717) is 0 Å². The van der Waals surface area contributed by atoms with Crippen LogP contribution in [0.5, 0.6) is 0 Å². The molecule has 0 bridgehead atoms. The first-order chi connectivity index (χ1) is 6.12. The molecule has 1 nitrogen and oxygen atoms in total. The van der Waals surface area contributed by atoms with Gasteiger partial charge in [-0.15, -0.1) is 0 Å². The summed E-state index contributed by atoms with van der Waals surface area (Å²) in [6.07, 6.45) is 13.8. The van der Waals surface area contributed by atoms with Gasteiger partial charge in [-0.3, -0.25) is 4.48 Å². The molecular formula is C12H24N+. The molecule has 0 atom stereocenters. The van der Waals surface area contributed by atoms with Crippen LogP contribution < -0.4 is 0 Å². The zero-order chi connectivity index (χ0) is 10.2. The van der Waals surface area contributed by atoms with Crippen LogP contribution in [0.1, 0.15) is 39.5 Å². The van der Waals surface area contributed by atoms with Gasteiger partial charge in [-0.1, -0.05) is 26.7 Å². The van der Waals surface area contributed by atoms with Crippen LogP contribution in [0.15, 0.2) is 24.6 Å². The summed E-state index contributed by atoms with van der Waals surface area (Å²) in [7, 11) is 4.39. The Hall–Kier alpha value is -0.560. The van der Waals surface area contributed by atoms with E-state index in [-0.39, 0.29) is 0 Å². The van der Waals surface area contributed by atoms with Crippen molar-refractivity contribution in [1.82, 2.24) is 0 Å². The average Bonchev–Trinajstić information content (AvgIpc) is 2.05. The minimum atomic E-state index is 0.861. The average molecular weight is 182 g/mol. The third-order valence-electron chi connectivity index (χ3n) is 1.89. The molecule has 0 spiro atoms. The highest BCUT2D eigenvalue weighted by atomic mass is 15.3. The summed E-state index contributed by atoms with van der Waals surface area (Å²) in [4.78, 5) is 0. The summed E-state index contributed by atoms with van der Waals surface area (Å²) in [5.41, 5.74) is 0. The van der Waals surface area contributed by atoms with Gasteiger partial charge in [0, 0.05) is 0 Å². The Kier molecular flexibility index (Phi) is 6.61. The number of unbranched alkanes of at least 4 members (excludes halogenated alkanes) is 2. The van der Waals surface area contributed by atoms with Crippen molar-refractivity contribution < 1.29 is 4.48 Å². The number of hydrogen-bond donors (Lipinski definition) is 0. The van der Waals surface area contributed by atoms with Crippen molar-refractivity contribution >= 4 is 0 Å². The maximum Gasteiger partial charge on any atom is 0.0959 e. The van der Waals surface area contributed by atoms with Crippen LogP contribution in [0.25, 0.3) is 0 Å². The summed E-state index contributed by atoms with van der Waals surface area (Å²) in [5, 5.41) is 0. The Morgan fingerprint density at radius 3 is 1.54 bits per heavy atom. The number of hydrogen-bond acceptors (Lipinski definition) is 0. The van der Waals surface area contributed by atoms with Gasteiger partial charge >= 0.3 is 0 Å². The van der Waals surface area contributed by atoms with E-state index in [1.807, 2.05) is 0 Å². The van der Waals surface area contributed by atoms with Gasteiger partial charge in [-0.25, -0.2) is 0 Å². The molecule has 1 heteroatoms. The Balaban J connectivity index is 3.91. The molecule has 0 rings (SSSR count). The van der Waals surface area contributed by atoms with Crippen molar-refractivity contribution in [3.63, 3.8) is 0 Å². The second-order valence-corrected chi connectivity index (χ2v) is 3.98. The fraction of sp³-hybridized carbons (Fsp3) is 0.667. The van der Waals surface area contributed by atoms with Crippen LogP contribution in [-0.4, -0.2) is 18.6 Å². The summed E-state index contributed by atoms with van der Waals surface area (Å²) >= 11 is 0. The lowest BCUT2D eigenvalue weighted by atomic mass is 10.3.